The van der Waals surface area contributed by atoms with E-state index in [0.717, 1.165) is 37.7 Å². The molecule has 0 bridgehead atoms. The highest BCUT2D eigenvalue weighted by Gasteiger charge is 2.66. The number of carbonyl (C=O) groups is 2. The van der Waals surface area contributed by atoms with Crippen molar-refractivity contribution in [3.63, 3.8) is 0 Å². The molecule has 3 saturated heterocycles. The van der Waals surface area contributed by atoms with Crippen molar-refractivity contribution in [2.75, 3.05) is 6.61 Å². The van der Waals surface area contributed by atoms with Gasteiger partial charge < -0.3 is 69.0 Å². The molecule has 3 saturated carbocycles. The predicted octanol–water partition coefficient (Wildman–Crippen LogP) is 2.90. The van der Waals surface area contributed by atoms with Gasteiger partial charge in [-0.1, -0.05) is 37.1 Å². The van der Waals surface area contributed by atoms with Gasteiger partial charge >= 0.3 is 5.97 Å². The number of aldehydes is 1. The molecule has 21 atom stereocenters. The number of carbonyl (C=O) groups excluding carboxylic acids is 2. The van der Waals surface area contributed by atoms with Crippen LogP contribution in [-0.2, 0) is 33.2 Å². The maximum absolute atomic E-state index is 13.3. The van der Waals surface area contributed by atoms with Gasteiger partial charge in [0.15, 0.2) is 25.0 Å². The molecule has 3 aliphatic heterocycles. The van der Waals surface area contributed by atoms with Gasteiger partial charge in [0.25, 0.3) is 0 Å². The first-order valence-electron chi connectivity index (χ1n) is 22.1. The van der Waals surface area contributed by atoms with Gasteiger partial charge in [-0.2, -0.15) is 0 Å². The summed E-state index contributed by atoms with van der Waals surface area (Å²) in [5.41, 5.74) is 1.82. The largest absolute Gasteiger partial charge is 0.508 e. The molecule has 3 heterocycles. The van der Waals surface area contributed by atoms with Crippen LogP contribution in [0.2, 0.25) is 0 Å². The third-order valence-electron chi connectivity index (χ3n) is 15.9. The van der Waals surface area contributed by atoms with Crippen LogP contribution in [0.3, 0.4) is 0 Å². The number of fused-ring (bicyclic) bond motifs is 7. The lowest BCUT2D eigenvalue weighted by atomic mass is 9.46. The molecule has 0 radical (unpaired) electrons. The number of rotatable bonds is 9. The predicted molar refractivity (Wildman–Crippen MR) is 215 cm³/mol. The van der Waals surface area contributed by atoms with Crippen LogP contribution in [-0.4, -0.2) is 135 Å². The van der Waals surface area contributed by atoms with E-state index in [-0.39, 0.29) is 52.4 Å². The highest BCUT2D eigenvalue weighted by atomic mass is 16.8. The Kier molecular flexibility index (Phi) is 12.7. The molecule has 6 fully saturated rings. The lowest BCUT2D eigenvalue weighted by Gasteiger charge is -2.58. The summed E-state index contributed by atoms with van der Waals surface area (Å²) in [5.74, 6) is -0.149. The van der Waals surface area contributed by atoms with Crippen LogP contribution in [0.1, 0.15) is 89.9 Å². The van der Waals surface area contributed by atoms with Gasteiger partial charge in [0, 0.05) is 17.3 Å². The Hall–Kier alpha value is -2.80. The summed E-state index contributed by atoms with van der Waals surface area (Å²) in [5, 5.41) is 75.2. The van der Waals surface area contributed by atoms with Crippen LogP contribution in [0.25, 0.3) is 0 Å². The molecule has 0 aromatic heterocycles. The Bertz CT molecular complexity index is 1820. The quantitative estimate of drug-likeness (QED) is 0.108. The van der Waals surface area contributed by atoms with Gasteiger partial charge in [-0.15, -0.1) is 0 Å². The van der Waals surface area contributed by atoms with Gasteiger partial charge in [-0.25, -0.2) is 4.79 Å². The molecular formula is C46H64O15. The molecule has 7 N–H and O–H groups in total. The highest BCUT2D eigenvalue weighted by Crippen LogP contribution is 2.68. The van der Waals surface area contributed by atoms with Crippen molar-refractivity contribution in [2.24, 2.45) is 46.3 Å². The first-order valence-corrected chi connectivity index (χ1v) is 22.1. The van der Waals surface area contributed by atoms with Crippen molar-refractivity contribution in [3.8, 4) is 5.75 Å². The number of phenols is 1. The third-order valence-corrected chi connectivity index (χ3v) is 15.9. The molecular weight excluding hydrogens is 792 g/mol. The van der Waals surface area contributed by atoms with E-state index in [4.69, 9.17) is 28.4 Å². The number of ether oxygens (including phenoxy) is 6. The van der Waals surface area contributed by atoms with Crippen LogP contribution in [0.4, 0.5) is 0 Å². The highest BCUT2D eigenvalue weighted by molar-refractivity contribution is 5.89. The summed E-state index contributed by atoms with van der Waals surface area (Å²) >= 11 is 0. The summed E-state index contributed by atoms with van der Waals surface area (Å²) in [4.78, 5) is 26.2. The zero-order valence-electron chi connectivity index (χ0n) is 35.6. The normalized spacial score (nSPS) is 48.0. The molecule has 1 aromatic carbocycles. The number of hydrogen-bond acceptors (Lipinski definition) is 15. The van der Waals surface area contributed by atoms with Crippen LogP contribution in [0, 0.1) is 46.3 Å². The number of esters is 1. The topological polar surface area (TPSA) is 231 Å². The second-order valence-corrected chi connectivity index (χ2v) is 19.5. The smallest absolute Gasteiger partial charge is 0.338 e. The van der Waals surface area contributed by atoms with Crippen molar-refractivity contribution in [1.82, 2.24) is 0 Å². The third kappa shape index (κ3) is 7.83. The van der Waals surface area contributed by atoms with E-state index in [1.54, 1.807) is 0 Å². The van der Waals surface area contributed by atoms with Crippen LogP contribution < -0.4 is 0 Å². The number of benzene rings is 1. The molecule has 61 heavy (non-hydrogen) atoms. The van der Waals surface area contributed by atoms with Crippen molar-refractivity contribution < 1.29 is 73.8 Å². The Morgan fingerprint density at radius 1 is 0.885 bits per heavy atom. The van der Waals surface area contributed by atoms with Crippen molar-refractivity contribution >= 4 is 12.3 Å². The minimum absolute atomic E-state index is 0.0340. The van der Waals surface area contributed by atoms with E-state index < -0.39 is 91.8 Å². The van der Waals surface area contributed by atoms with Gasteiger partial charge in [-0.3, -0.25) is 0 Å². The van der Waals surface area contributed by atoms with E-state index in [0.29, 0.717) is 18.8 Å². The maximum atomic E-state index is 13.3. The Morgan fingerprint density at radius 2 is 1.61 bits per heavy atom. The SMILES string of the molecule is CC(C)=C[C@@H]1[C@@H](C)[C@H]2[C@H](C[C@H]3[C@@H]4CC=C5C[C@@H](O[C@@H]6O[C@H](CO)[C@@H](O)[C@H](O)[C@H]6O[C@@H]6O[C@@H](C)[C@H](OC(=O)c7ccc(O)cc7)[C@H](O)[C@H]6O)CC[C@]5(C)[C@H]4CC[C@]23C=O)O[C@H]1O. The van der Waals surface area contributed by atoms with Gasteiger partial charge in [-0.05, 0) is 119 Å². The minimum atomic E-state index is -1.76. The first kappa shape index (κ1) is 44.8. The summed E-state index contributed by atoms with van der Waals surface area (Å²) < 4.78 is 36.4. The van der Waals surface area contributed by atoms with E-state index in [2.05, 4.69) is 26.0 Å². The number of aliphatic hydroxyl groups is 6. The zero-order chi connectivity index (χ0) is 43.7. The molecule has 15 heteroatoms. The summed E-state index contributed by atoms with van der Waals surface area (Å²) in [7, 11) is 0. The monoisotopic (exact) mass is 856 g/mol. The molecule has 1 aromatic rings. The average Bonchev–Trinajstić information content (AvgIpc) is 3.57. The zero-order valence-corrected chi connectivity index (χ0v) is 35.6. The second kappa shape index (κ2) is 17.3. The maximum Gasteiger partial charge on any atom is 0.338 e. The van der Waals surface area contributed by atoms with E-state index in [1.165, 1.54) is 43.0 Å². The lowest BCUT2D eigenvalue weighted by Crippen LogP contribution is -2.64. The summed E-state index contributed by atoms with van der Waals surface area (Å²) in [6.45, 7) is 9.45. The Morgan fingerprint density at radius 3 is 2.30 bits per heavy atom. The number of phenolic OH excluding ortho intramolecular Hbond substituents is 1. The van der Waals surface area contributed by atoms with E-state index in [1.807, 2.05) is 13.8 Å². The molecule has 15 nitrogen and oxygen atoms in total. The van der Waals surface area contributed by atoms with Crippen LogP contribution >= 0.6 is 0 Å². The fraction of sp³-hybridized carbons (Fsp3) is 0.739. The summed E-state index contributed by atoms with van der Waals surface area (Å²) in [6.07, 6.45) is -5.06. The molecule has 8 rings (SSSR count). The molecule has 0 unspecified atom stereocenters. The van der Waals surface area contributed by atoms with Gasteiger partial charge in [0.1, 0.15) is 48.7 Å². The van der Waals surface area contributed by atoms with Crippen molar-refractivity contribution in [2.45, 2.75) is 159 Å². The fourth-order valence-electron chi connectivity index (χ4n) is 12.8. The van der Waals surface area contributed by atoms with Crippen LogP contribution in [0.5, 0.6) is 5.75 Å². The Balaban J connectivity index is 0.957. The number of hydrogen-bond donors (Lipinski definition) is 7. The second-order valence-electron chi connectivity index (χ2n) is 19.5. The first-order chi connectivity index (χ1) is 29.0. The van der Waals surface area contributed by atoms with Gasteiger partial charge in [0.2, 0.25) is 0 Å². The standard InChI is InChI=1S/C46H64O15/c1-21(2)16-29-22(3)34-32(58-42(29)55)18-31-28-11-8-25-17-27(12-14-45(25,5)30(28)13-15-46(31,34)20-48)57-44-40(36(51)35(50)33(19-47)59-44)61-43-38(53)37(52)39(23(4)56-43)60-41(54)24-6-9-26(49)10-7-24/h6-10,16,20,22-23,27-40,42-44,47,49-53,55H,11-15,17-19H2,1-5H3/t22-,23+,27+,28-,29-,30+,31+,32+,33-,34+,35-,36+,37-,38-,39+,40-,42-,43+,44-,45+,46-/m1/s1. The fourth-order valence-corrected chi connectivity index (χ4v) is 12.8. The number of allylic oxidation sites excluding steroid dienone is 2. The van der Waals surface area contributed by atoms with E-state index in [9.17, 15) is 45.3 Å². The molecule has 0 spiro atoms. The number of aliphatic hydroxyl groups excluding tert-OH is 6. The minimum Gasteiger partial charge on any atom is -0.508 e. The van der Waals surface area contributed by atoms with Crippen molar-refractivity contribution in [1.29, 1.82) is 0 Å². The van der Waals surface area contributed by atoms with Gasteiger partial charge in [0.05, 0.1) is 30.5 Å². The molecule has 4 aliphatic carbocycles. The van der Waals surface area contributed by atoms with E-state index >= 15 is 0 Å². The molecule has 338 valence electrons. The molecule has 7 aliphatic rings. The number of aromatic hydroxyl groups is 1. The molecule has 0 amide bonds. The lowest BCUT2D eigenvalue weighted by molar-refractivity contribution is -0.369. The Labute approximate surface area is 356 Å². The van der Waals surface area contributed by atoms with Crippen molar-refractivity contribution in [3.05, 3.63) is 53.1 Å². The average molecular weight is 857 g/mol. The van der Waals surface area contributed by atoms with Crippen LogP contribution in [0.15, 0.2) is 47.6 Å². The summed E-state index contributed by atoms with van der Waals surface area (Å²) in [6, 6.07) is 5.33.